The van der Waals surface area contributed by atoms with E-state index < -0.39 is 5.97 Å². The quantitative estimate of drug-likeness (QED) is 0.774. The first-order valence-corrected chi connectivity index (χ1v) is 7.51. The minimum absolute atomic E-state index is 0.254. The van der Waals surface area contributed by atoms with Crippen LogP contribution in [0.4, 0.5) is 0 Å². The maximum atomic E-state index is 10.9. The lowest BCUT2D eigenvalue weighted by molar-refractivity contribution is 0.0697. The standard InChI is InChI=1S/C16H14BrN3O2/c1-10-3-4-11(2)19(10)15-9-14(17)20(18-15)13-7-5-12(6-8-13)16(21)22/h3-9H,1-2H3,(H,21,22). The molecule has 0 aliphatic heterocycles. The lowest BCUT2D eigenvalue weighted by Gasteiger charge is -2.06. The molecular weight excluding hydrogens is 346 g/mol. The smallest absolute Gasteiger partial charge is 0.335 e. The highest BCUT2D eigenvalue weighted by Gasteiger charge is 2.12. The number of hydrogen-bond donors (Lipinski definition) is 1. The fraction of sp³-hybridized carbons (Fsp3) is 0.125. The van der Waals surface area contributed by atoms with Crippen molar-refractivity contribution in [3.63, 3.8) is 0 Å². The van der Waals surface area contributed by atoms with Crippen molar-refractivity contribution in [2.24, 2.45) is 0 Å². The van der Waals surface area contributed by atoms with Crippen molar-refractivity contribution in [1.29, 1.82) is 0 Å². The van der Waals surface area contributed by atoms with Crippen LogP contribution in [0.1, 0.15) is 21.7 Å². The zero-order valence-corrected chi connectivity index (χ0v) is 13.7. The van der Waals surface area contributed by atoms with Crippen LogP contribution in [0.5, 0.6) is 0 Å². The van der Waals surface area contributed by atoms with Gasteiger partial charge in [0.2, 0.25) is 0 Å². The third kappa shape index (κ3) is 2.46. The summed E-state index contributed by atoms with van der Waals surface area (Å²) in [4.78, 5) is 10.9. The van der Waals surface area contributed by atoms with Crippen LogP contribution in [0.25, 0.3) is 11.5 Å². The minimum atomic E-state index is -0.939. The number of nitrogens with zero attached hydrogens (tertiary/aromatic N) is 3. The molecule has 0 unspecified atom stereocenters. The number of carboxylic acid groups (broad SMARTS) is 1. The molecule has 22 heavy (non-hydrogen) atoms. The Morgan fingerprint density at radius 1 is 1.09 bits per heavy atom. The van der Waals surface area contributed by atoms with E-state index >= 15 is 0 Å². The highest BCUT2D eigenvalue weighted by molar-refractivity contribution is 9.10. The summed E-state index contributed by atoms with van der Waals surface area (Å²) in [5.41, 5.74) is 3.27. The van der Waals surface area contributed by atoms with Gasteiger partial charge in [0.05, 0.1) is 11.3 Å². The Hall–Kier alpha value is -2.34. The molecule has 3 rings (SSSR count). The minimum Gasteiger partial charge on any atom is -0.478 e. The average Bonchev–Trinajstić information content (AvgIpc) is 3.02. The molecule has 0 saturated heterocycles. The fourth-order valence-corrected chi connectivity index (χ4v) is 2.90. The van der Waals surface area contributed by atoms with Crippen molar-refractivity contribution in [3.05, 3.63) is 64.0 Å². The van der Waals surface area contributed by atoms with Crippen LogP contribution >= 0.6 is 15.9 Å². The predicted octanol–water partition coefficient (Wildman–Crippen LogP) is 3.74. The molecule has 1 N–H and O–H groups in total. The normalized spacial score (nSPS) is 10.9. The maximum absolute atomic E-state index is 10.9. The van der Waals surface area contributed by atoms with Gasteiger partial charge in [0.15, 0.2) is 5.82 Å². The largest absolute Gasteiger partial charge is 0.478 e. The summed E-state index contributed by atoms with van der Waals surface area (Å²) in [6.07, 6.45) is 0. The van der Waals surface area contributed by atoms with Crippen LogP contribution in [-0.2, 0) is 0 Å². The second kappa shape index (κ2) is 5.46. The monoisotopic (exact) mass is 359 g/mol. The zero-order valence-electron chi connectivity index (χ0n) is 12.1. The van der Waals surface area contributed by atoms with Crippen LogP contribution in [0.3, 0.4) is 0 Å². The Bertz CT molecular complexity index is 827. The first-order valence-electron chi connectivity index (χ1n) is 6.72. The predicted molar refractivity (Wildman–Crippen MR) is 87.0 cm³/mol. The van der Waals surface area contributed by atoms with E-state index in [4.69, 9.17) is 5.11 Å². The summed E-state index contributed by atoms with van der Waals surface area (Å²) < 4.78 is 4.60. The van der Waals surface area contributed by atoms with Crippen LogP contribution in [-0.4, -0.2) is 25.4 Å². The van der Waals surface area contributed by atoms with Crippen LogP contribution < -0.4 is 0 Å². The third-order valence-electron chi connectivity index (χ3n) is 3.51. The Balaban J connectivity index is 2.04. The van der Waals surface area contributed by atoms with Gasteiger partial charge in [-0.05, 0) is 66.2 Å². The second-order valence-electron chi connectivity index (χ2n) is 5.04. The summed E-state index contributed by atoms with van der Waals surface area (Å²) in [5, 5.41) is 13.6. The van der Waals surface area contributed by atoms with Gasteiger partial charge in [-0.15, -0.1) is 5.10 Å². The number of hydrogen-bond acceptors (Lipinski definition) is 2. The van der Waals surface area contributed by atoms with Gasteiger partial charge in [-0.3, -0.25) is 0 Å². The molecule has 6 heteroatoms. The maximum Gasteiger partial charge on any atom is 0.335 e. The molecule has 0 spiro atoms. The molecule has 1 aromatic carbocycles. The van der Waals surface area contributed by atoms with Crippen molar-refractivity contribution in [3.8, 4) is 11.5 Å². The van der Waals surface area contributed by atoms with Crippen LogP contribution in [0.15, 0.2) is 47.1 Å². The summed E-state index contributed by atoms with van der Waals surface area (Å²) in [6.45, 7) is 4.06. The van der Waals surface area contributed by atoms with E-state index in [2.05, 4.69) is 25.6 Å². The third-order valence-corrected chi connectivity index (χ3v) is 4.08. The number of aromatic carboxylic acids is 1. The Morgan fingerprint density at radius 2 is 1.68 bits per heavy atom. The number of aryl methyl sites for hydroxylation is 2. The van der Waals surface area contributed by atoms with Gasteiger partial charge in [-0.2, -0.15) is 0 Å². The van der Waals surface area contributed by atoms with E-state index in [1.54, 1.807) is 28.9 Å². The van der Waals surface area contributed by atoms with Crippen molar-refractivity contribution in [2.45, 2.75) is 13.8 Å². The SMILES string of the molecule is Cc1ccc(C)n1-c1cc(Br)n(-c2ccc(C(=O)O)cc2)n1. The molecule has 0 aliphatic carbocycles. The first kappa shape index (κ1) is 14.6. The summed E-state index contributed by atoms with van der Waals surface area (Å²) >= 11 is 3.51. The van der Waals surface area contributed by atoms with Gasteiger partial charge >= 0.3 is 5.97 Å². The molecule has 3 aromatic rings. The van der Waals surface area contributed by atoms with E-state index in [-0.39, 0.29) is 5.56 Å². The molecule has 112 valence electrons. The molecule has 0 atom stereocenters. The lowest BCUT2D eigenvalue weighted by Crippen LogP contribution is -2.03. The van der Waals surface area contributed by atoms with Gasteiger partial charge in [0.1, 0.15) is 4.60 Å². The lowest BCUT2D eigenvalue weighted by atomic mass is 10.2. The fourth-order valence-electron chi connectivity index (χ4n) is 2.41. The van der Waals surface area contributed by atoms with Crippen molar-refractivity contribution >= 4 is 21.9 Å². The zero-order chi connectivity index (χ0) is 15.9. The molecule has 5 nitrogen and oxygen atoms in total. The molecule has 2 aromatic heterocycles. The van der Waals surface area contributed by atoms with Gasteiger partial charge in [-0.25, -0.2) is 9.48 Å². The van der Waals surface area contributed by atoms with Gasteiger partial charge < -0.3 is 9.67 Å². The Kier molecular flexibility index (Phi) is 3.62. The summed E-state index contributed by atoms with van der Waals surface area (Å²) in [6, 6.07) is 12.6. The molecule has 0 bridgehead atoms. The van der Waals surface area contributed by atoms with Gasteiger partial charge in [0.25, 0.3) is 0 Å². The number of carboxylic acids is 1. The molecular formula is C16H14BrN3O2. The number of halogens is 1. The summed E-state index contributed by atoms with van der Waals surface area (Å²) in [5.74, 6) is -0.125. The molecule has 0 radical (unpaired) electrons. The van der Waals surface area contributed by atoms with E-state index in [0.29, 0.717) is 0 Å². The Morgan fingerprint density at radius 3 is 2.23 bits per heavy atom. The highest BCUT2D eigenvalue weighted by atomic mass is 79.9. The van der Waals surface area contributed by atoms with Crippen molar-refractivity contribution < 1.29 is 9.90 Å². The van der Waals surface area contributed by atoms with Gasteiger partial charge in [-0.1, -0.05) is 0 Å². The molecule has 0 aliphatic rings. The van der Waals surface area contributed by atoms with Crippen LogP contribution in [0, 0.1) is 13.8 Å². The number of carbonyl (C=O) groups is 1. The molecule has 0 saturated carbocycles. The molecule has 0 amide bonds. The number of aromatic nitrogens is 3. The van der Waals surface area contributed by atoms with Gasteiger partial charge in [0, 0.05) is 17.5 Å². The number of rotatable bonds is 3. The van der Waals surface area contributed by atoms with Crippen molar-refractivity contribution in [1.82, 2.24) is 14.3 Å². The first-order chi connectivity index (χ1) is 10.5. The van der Waals surface area contributed by atoms with Crippen molar-refractivity contribution in [2.75, 3.05) is 0 Å². The van der Waals surface area contributed by atoms with E-state index in [1.807, 2.05) is 32.0 Å². The second-order valence-corrected chi connectivity index (χ2v) is 5.85. The number of benzene rings is 1. The van der Waals surface area contributed by atoms with E-state index in [0.717, 1.165) is 27.5 Å². The molecule has 0 fully saturated rings. The van der Waals surface area contributed by atoms with Crippen LogP contribution in [0.2, 0.25) is 0 Å². The molecule has 2 heterocycles. The summed E-state index contributed by atoms with van der Waals surface area (Å²) in [7, 11) is 0. The Labute approximate surface area is 135 Å². The average molecular weight is 360 g/mol. The van der Waals surface area contributed by atoms with E-state index in [1.165, 1.54) is 0 Å². The van der Waals surface area contributed by atoms with E-state index in [9.17, 15) is 4.79 Å². The topological polar surface area (TPSA) is 60.0 Å². The highest BCUT2D eigenvalue weighted by Crippen LogP contribution is 2.23.